The summed E-state index contributed by atoms with van der Waals surface area (Å²) in [6, 6.07) is 16.7. The SMILES string of the molecule is C[C@@H]1N(C(=O)c2cccc(Oc3ccccc3)c2)CCC[C@@]12CCCN(C)C2=O. The third-order valence-electron chi connectivity index (χ3n) is 6.50. The number of amides is 2. The summed E-state index contributed by atoms with van der Waals surface area (Å²) in [6.45, 7) is 3.53. The molecule has 2 aliphatic heterocycles. The molecule has 0 unspecified atom stereocenters. The Morgan fingerprint density at radius 2 is 1.69 bits per heavy atom. The Balaban J connectivity index is 1.56. The molecule has 2 fully saturated rings. The number of carbonyl (C=O) groups excluding carboxylic acids is 2. The van der Waals surface area contributed by atoms with Gasteiger partial charge in [0.15, 0.2) is 0 Å². The van der Waals surface area contributed by atoms with Crippen molar-refractivity contribution in [2.75, 3.05) is 20.1 Å². The summed E-state index contributed by atoms with van der Waals surface area (Å²) >= 11 is 0. The van der Waals surface area contributed by atoms with Gasteiger partial charge < -0.3 is 14.5 Å². The second-order valence-electron chi connectivity index (χ2n) is 8.21. The largest absolute Gasteiger partial charge is 0.457 e. The van der Waals surface area contributed by atoms with Crippen molar-refractivity contribution in [1.82, 2.24) is 9.80 Å². The fourth-order valence-electron chi connectivity index (χ4n) is 4.87. The lowest BCUT2D eigenvalue weighted by Crippen LogP contribution is -2.61. The minimum Gasteiger partial charge on any atom is -0.457 e. The highest BCUT2D eigenvalue weighted by Crippen LogP contribution is 2.44. The second-order valence-corrected chi connectivity index (χ2v) is 8.21. The number of ether oxygens (including phenoxy) is 1. The van der Waals surface area contributed by atoms with Crippen molar-refractivity contribution in [1.29, 1.82) is 0 Å². The Bertz CT molecular complexity index is 894. The molecule has 5 nitrogen and oxygen atoms in total. The van der Waals surface area contributed by atoms with Gasteiger partial charge in [0.25, 0.3) is 5.91 Å². The van der Waals surface area contributed by atoms with Crippen LogP contribution in [-0.2, 0) is 4.79 Å². The monoisotopic (exact) mass is 392 g/mol. The van der Waals surface area contributed by atoms with Crippen LogP contribution in [0.15, 0.2) is 54.6 Å². The summed E-state index contributed by atoms with van der Waals surface area (Å²) in [7, 11) is 1.88. The highest BCUT2D eigenvalue weighted by atomic mass is 16.5. The number of para-hydroxylation sites is 1. The maximum Gasteiger partial charge on any atom is 0.254 e. The second kappa shape index (κ2) is 7.90. The average molecular weight is 392 g/mol. The quantitative estimate of drug-likeness (QED) is 0.781. The molecule has 2 aromatic rings. The Morgan fingerprint density at radius 1 is 1.00 bits per heavy atom. The highest BCUT2D eigenvalue weighted by molar-refractivity contribution is 5.96. The van der Waals surface area contributed by atoms with Crippen LogP contribution >= 0.6 is 0 Å². The van der Waals surface area contributed by atoms with E-state index in [2.05, 4.69) is 0 Å². The first-order valence-corrected chi connectivity index (χ1v) is 10.4. The van der Waals surface area contributed by atoms with E-state index in [1.54, 1.807) is 6.07 Å². The van der Waals surface area contributed by atoms with Crippen molar-refractivity contribution in [3.05, 3.63) is 60.2 Å². The molecule has 0 radical (unpaired) electrons. The first-order valence-electron chi connectivity index (χ1n) is 10.4. The lowest BCUT2D eigenvalue weighted by Gasteiger charge is -2.51. The van der Waals surface area contributed by atoms with E-state index in [1.165, 1.54) is 0 Å². The van der Waals surface area contributed by atoms with Gasteiger partial charge in [0, 0.05) is 31.7 Å². The van der Waals surface area contributed by atoms with Crippen LogP contribution in [0.3, 0.4) is 0 Å². The maximum absolute atomic E-state index is 13.4. The predicted molar refractivity (Wildman–Crippen MR) is 112 cm³/mol. The Kier molecular flexibility index (Phi) is 5.31. The Hall–Kier alpha value is -2.82. The van der Waals surface area contributed by atoms with Crippen LogP contribution < -0.4 is 4.74 Å². The van der Waals surface area contributed by atoms with Crippen molar-refractivity contribution < 1.29 is 14.3 Å². The molecule has 5 heteroatoms. The molecular formula is C24H28N2O3. The van der Waals surface area contributed by atoms with Crippen LogP contribution in [0.25, 0.3) is 0 Å². The molecule has 1 spiro atoms. The van der Waals surface area contributed by atoms with Crippen molar-refractivity contribution in [3.8, 4) is 11.5 Å². The molecule has 2 aromatic carbocycles. The van der Waals surface area contributed by atoms with Crippen molar-refractivity contribution in [2.45, 2.75) is 38.6 Å². The van der Waals surface area contributed by atoms with Gasteiger partial charge in [-0.2, -0.15) is 0 Å². The molecule has 0 saturated carbocycles. The molecule has 2 atom stereocenters. The molecular weight excluding hydrogens is 364 g/mol. The summed E-state index contributed by atoms with van der Waals surface area (Å²) in [5.74, 6) is 1.53. The molecule has 152 valence electrons. The minimum atomic E-state index is -0.445. The van der Waals surface area contributed by atoms with E-state index in [0.29, 0.717) is 17.9 Å². The Labute approximate surface area is 172 Å². The zero-order valence-corrected chi connectivity index (χ0v) is 17.1. The Morgan fingerprint density at radius 3 is 2.45 bits per heavy atom. The maximum atomic E-state index is 13.4. The fourth-order valence-corrected chi connectivity index (χ4v) is 4.87. The summed E-state index contributed by atoms with van der Waals surface area (Å²) in [5.41, 5.74) is 0.151. The zero-order chi connectivity index (χ0) is 20.4. The zero-order valence-electron chi connectivity index (χ0n) is 17.1. The van der Waals surface area contributed by atoms with Gasteiger partial charge in [-0.1, -0.05) is 24.3 Å². The van der Waals surface area contributed by atoms with Crippen LogP contribution in [0.5, 0.6) is 11.5 Å². The molecule has 2 amide bonds. The van der Waals surface area contributed by atoms with E-state index in [4.69, 9.17) is 4.74 Å². The molecule has 4 rings (SSSR count). The fraction of sp³-hybridized carbons (Fsp3) is 0.417. The van der Waals surface area contributed by atoms with Crippen LogP contribution in [0.4, 0.5) is 0 Å². The average Bonchev–Trinajstić information content (AvgIpc) is 2.74. The van der Waals surface area contributed by atoms with Crippen LogP contribution in [0.1, 0.15) is 43.0 Å². The molecule has 0 aromatic heterocycles. The number of nitrogens with zero attached hydrogens (tertiary/aromatic N) is 2. The summed E-state index contributed by atoms with van der Waals surface area (Å²) in [6.07, 6.45) is 3.57. The third kappa shape index (κ3) is 3.61. The van der Waals surface area contributed by atoms with Crippen molar-refractivity contribution in [2.24, 2.45) is 5.41 Å². The first-order chi connectivity index (χ1) is 14.0. The van der Waals surface area contributed by atoms with Gasteiger partial charge >= 0.3 is 0 Å². The van der Waals surface area contributed by atoms with Crippen molar-refractivity contribution >= 4 is 11.8 Å². The predicted octanol–water partition coefficient (Wildman–Crippen LogP) is 4.34. The number of carbonyl (C=O) groups is 2. The van der Waals surface area contributed by atoms with Crippen LogP contribution in [0.2, 0.25) is 0 Å². The van der Waals surface area contributed by atoms with E-state index in [1.807, 2.05) is 72.3 Å². The highest BCUT2D eigenvalue weighted by Gasteiger charge is 2.51. The molecule has 0 N–H and O–H groups in total. The number of rotatable bonds is 3. The number of hydrogen-bond acceptors (Lipinski definition) is 3. The van der Waals surface area contributed by atoms with Crippen LogP contribution in [0, 0.1) is 5.41 Å². The van der Waals surface area contributed by atoms with Gasteiger partial charge in [-0.15, -0.1) is 0 Å². The standard InChI is InChI=1S/C24H28N2O3/c1-18-24(13-7-15-25(2)23(24)28)14-8-16-26(18)22(27)19-9-6-12-21(17-19)29-20-10-4-3-5-11-20/h3-6,9-12,17-18H,7-8,13-16H2,1-2H3/t18-,24-/m0/s1. The normalized spacial score (nSPS) is 24.6. The lowest BCUT2D eigenvalue weighted by atomic mass is 9.68. The molecule has 0 bridgehead atoms. The van der Waals surface area contributed by atoms with Crippen molar-refractivity contribution in [3.63, 3.8) is 0 Å². The summed E-state index contributed by atoms with van der Waals surface area (Å²) in [4.78, 5) is 30.1. The van der Waals surface area contributed by atoms with E-state index in [9.17, 15) is 9.59 Å². The van der Waals surface area contributed by atoms with Gasteiger partial charge in [-0.05, 0) is 62.9 Å². The van der Waals surface area contributed by atoms with Gasteiger partial charge in [0.1, 0.15) is 11.5 Å². The first kappa shape index (κ1) is 19.5. The third-order valence-corrected chi connectivity index (χ3v) is 6.50. The minimum absolute atomic E-state index is 0.0314. The van der Waals surface area contributed by atoms with Crippen LogP contribution in [-0.4, -0.2) is 47.8 Å². The molecule has 0 aliphatic carbocycles. The van der Waals surface area contributed by atoms with Gasteiger partial charge in [0.05, 0.1) is 5.41 Å². The number of hydrogen-bond donors (Lipinski definition) is 0. The summed E-state index contributed by atoms with van der Waals surface area (Å²) < 4.78 is 5.89. The lowest BCUT2D eigenvalue weighted by molar-refractivity contribution is -0.152. The molecule has 2 saturated heterocycles. The topological polar surface area (TPSA) is 49.9 Å². The molecule has 2 heterocycles. The van der Waals surface area contributed by atoms with Gasteiger partial charge in [0.2, 0.25) is 5.91 Å². The smallest absolute Gasteiger partial charge is 0.254 e. The van der Waals surface area contributed by atoms with E-state index in [0.717, 1.165) is 38.0 Å². The molecule has 2 aliphatic rings. The number of piperidine rings is 2. The number of likely N-dealkylation sites (tertiary alicyclic amines) is 2. The van der Waals surface area contributed by atoms with E-state index >= 15 is 0 Å². The number of benzene rings is 2. The molecule has 29 heavy (non-hydrogen) atoms. The van der Waals surface area contributed by atoms with E-state index < -0.39 is 5.41 Å². The van der Waals surface area contributed by atoms with Gasteiger partial charge in [-0.25, -0.2) is 0 Å². The van der Waals surface area contributed by atoms with E-state index in [-0.39, 0.29) is 17.9 Å². The van der Waals surface area contributed by atoms with Gasteiger partial charge in [-0.3, -0.25) is 9.59 Å². The summed E-state index contributed by atoms with van der Waals surface area (Å²) in [5, 5.41) is 0.